The van der Waals surface area contributed by atoms with Crippen molar-refractivity contribution in [1.82, 2.24) is 15.1 Å². The third-order valence-electron chi connectivity index (χ3n) is 6.10. The molecule has 2 aliphatic heterocycles. The molecule has 2 amide bonds. The number of nitrogens with zero attached hydrogens (tertiary/aromatic N) is 2. The Morgan fingerprint density at radius 1 is 1.11 bits per heavy atom. The zero-order chi connectivity index (χ0) is 19.5. The molecule has 3 aliphatic rings. The fraction of sp³-hybridized carbons (Fsp3) is 0.636. The van der Waals surface area contributed by atoms with Crippen LogP contribution in [0, 0.1) is 12.8 Å². The molecule has 28 heavy (non-hydrogen) atoms. The lowest BCUT2D eigenvalue weighted by Crippen LogP contribution is -2.53. The molecule has 2 heterocycles. The van der Waals surface area contributed by atoms with Crippen molar-refractivity contribution in [2.24, 2.45) is 5.92 Å². The fourth-order valence-electron chi connectivity index (χ4n) is 4.20. The Morgan fingerprint density at radius 2 is 1.82 bits per heavy atom. The number of nitrogens with one attached hydrogen (secondary N) is 1. The average Bonchev–Trinajstić information content (AvgIpc) is 3.40. The van der Waals surface area contributed by atoms with E-state index in [9.17, 15) is 9.59 Å². The molecular formula is C22H31N3O3. The predicted molar refractivity (Wildman–Crippen MR) is 107 cm³/mol. The number of aryl methyl sites for hydroxylation is 1. The predicted octanol–water partition coefficient (Wildman–Crippen LogP) is 1.89. The van der Waals surface area contributed by atoms with Gasteiger partial charge >= 0.3 is 0 Å². The summed E-state index contributed by atoms with van der Waals surface area (Å²) in [4.78, 5) is 29.1. The van der Waals surface area contributed by atoms with Gasteiger partial charge in [-0.15, -0.1) is 0 Å². The zero-order valence-electron chi connectivity index (χ0n) is 16.7. The Hall–Kier alpha value is -1.92. The van der Waals surface area contributed by atoms with Gasteiger partial charge in [0.1, 0.15) is 6.10 Å². The van der Waals surface area contributed by atoms with Crippen molar-refractivity contribution in [2.45, 2.75) is 44.8 Å². The minimum Gasteiger partial charge on any atom is -0.368 e. The summed E-state index contributed by atoms with van der Waals surface area (Å²) in [6.45, 7) is 6.01. The molecule has 2 atom stereocenters. The number of carbonyl (C=O) groups excluding carboxylic acids is 2. The number of hydrogen-bond donors (Lipinski definition) is 1. The van der Waals surface area contributed by atoms with E-state index < -0.39 is 0 Å². The standard InChI is InChI=1S/C22H31N3O3/c1-16-4-6-17(7-5-16)21(18-8-9-18)23-20(26)15-24-10-12-25(13-11-24)22(27)19-3-2-14-28-19/h4-7,18-19,21H,2-3,8-15H2,1H3,(H,23,26)/t19-,21-/m0/s1. The van der Waals surface area contributed by atoms with Gasteiger partial charge in [0.05, 0.1) is 12.6 Å². The maximum absolute atomic E-state index is 12.7. The van der Waals surface area contributed by atoms with Crippen LogP contribution in [0.15, 0.2) is 24.3 Å². The van der Waals surface area contributed by atoms with Crippen molar-refractivity contribution >= 4 is 11.8 Å². The van der Waals surface area contributed by atoms with E-state index in [4.69, 9.17) is 4.74 Å². The molecule has 1 N–H and O–H groups in total. The number of carbonyl (C=O) groups is 2. The van der Waals surface area contributed by atoms with E-state index in [2.05, 4.69) is 41.4 Å². The van der Waals surface area contributed by atoms with Gasteiger partial charge in [0.25, 0.3) is 5.91 Å². The Morgan fingerprint density at radius 3 is 2.43 bits per heavy atom. The Kier molecular flexibility index (Phi) is 5.97. The van der Waals surface area contributed by atoms with E-state index in [1.807, 2.05) is 4.90 Å². The summed E-state index contributed by atoms with van der Waals surface area (Å²) in [7, 11) is 0. The summed E-state index contributed by atoms with van der Waals surface area (Å²) in [6.07, 6.45) is 3.93. The smallest absolute Gasteiger partial charge is 0.251 e. The first-order valence-corrected chi connectivity index (χ1v) is 10.6. The van der Waals surface area contributed by atoms with Gasteiger partial charge in [-0.2, -0.15) is 0 Å². The number of benzene rings is 1. The van der Waals surface area contributed by atoms with E-state index in [1.165, 1.54) is 24.0 Å². The molecular weight excluding hydrogens is 354 g/mol. The Labute approximate surface area is 167 Å². The van der Waals surface area contributed by atoms with Gasteiger partial charge in [-0.1, -0.05) is 29.8 Å². The van der Waals surface area contributed by atoms with E-state index >= 15 is 0 Å². The minimum absolute atomic E-state index is 0.0800. The van der Waals surface area contributed by atoms with Crippen molar-refractivity contribution in [1.29, 1.82) is 0 Å². The molecule has 6 heteroatoms. The van der Waals surface area contributed by atoms with E-state index in [-0.39, 0.29) is 24.0 Å². The lowest BCUT2D eigenvalue weighted by Gasteiger charge is -2.35. The summed E-state index contributed by atoms with van der Waals surface area (Å²) in [5.41, 5.74) is 2.44. The van der Waals surface area contributed by atoms with Gasteiger partial charge in [-0.25, -0.2) is 0 Å². The molecule has 0 aromatic heterocycles. The number of ether oxygens (including phenoxy) is 1. The second-order valence-corrected chi connectivity index (χ2v) is 8.40. The normalized spacial score (nSPS) is 24.2. The largest absolute Gasteiger partial charge is 0.368 e. The van der Waals surface area contributed by atoms with Gasteiger partial charge in [0.15, 0.2) is 0 Å². The van der Waals surface area contributed by atoms with Crippen molar-refractivity contribution in [2.75, 3.05) is 39.3 Å². The van der Waals surface area contributed by atoms with Crippen LogP contribution in [0.5, 0.6) is 0 Å². The van der Waals surface area contributed by atoms with Crippen LogP contribution in [-0.4, -0.2) is 67.0 Å². The topological polar surface area (TPSA) is 61.9 Å². The maximum Gasteiger partial charge on any atom is 0.251 e. The van der Waals surface area contributed by atoms with Crippen molar-refractivity contribution in [3.05, 3.63) is 35.4 Å². The number of hydrogen-bond acceptors (Lipinski definition) is 4. The highest BCUT2D eigenvalue weighted by Crippen LogP contribution is 2.41. The monoisotopic (exact) mass is 385 g/mol. The lowest BCUT2D eigenvalue weighted by atomic mass is 10.0. The summed E-state index contributed by atoms with van der Waals surface area (Å²) >= 11 is 0. The minimum atomic E-state index is -0.247. The first-order chi connectivity index (χ1) is 13.6. The Balaban J connectivity index is 1.26. The highest BCUT2D eigenvalue weighted by molar-refractivity contribution is 5.81. The highest BCUT2D eigenvalue weighted by Gasteiger charge is 2.34. The Bertz CT molecular complexity index is 687. The summed E-state index contributed by atoms with van der Waals surface area (Å²) < 4.78 is 5.51. The van der Waals surface area contributed by atoms with Crippen molar-refractivity contribution < 1.29 is 14.3 Å². The van der Waals surface area contributed by atoms with E-state index in [0.29, 0.717) is 32.2 Å². The van der Waals surface area contributed by atoms with Crippen LogP contribution in [0.2, 0.25) is 0 Å². The molecule has 0 spiro atoms. The average molecular weight is 386 g/mol. The van der Waals surface area contributed by atoms with Crippen LogP contribution in [-0.2, 0) is 14.3 Å². The van der Waals surface area contributed by atoms with Crippen LogP contribution >= 0.6 is 0 Å². The first kappa shape index (κ1) is 19.4. The van der Waals surface area contributed by atoms with Gasteiger partial charge in [0, 0.05) is 32.8 Å². The van der Waals surface area contributed by atoms with Gasteiger partial charge in [0.2, 0.25) is 5.91 Å². The molecule has 0 unspecified atom stereocenters. The van der Waals surface area contributed by atoms with E-state index in [1.54, 1.807) is 0 Å². The summed E-state index contributed by atoms with van der Waals surface area (Å²) in [5, 5.41) is 3.26. The SMILES string of the molecule is Cc1ccc([C@H](NC(=O)CN2CCN(C(=O)[C@@H]3CCCO3)CC2)C2CC2)cc1. The van der Waals surface area contributed by atoms with E-state index in [0.717, 1.165) is 25.9 Å². The maximum atomic E-state index is 12.7. The molecule has 3 fully saturated rings. The number of piperazine rings is 1. The lowest BCUT2D eigenvalue weighted by molar-refractivity contribution is -0.142. The van der Waals surface area contributed by atoms with Crippen molar-refractivity contribution in [3.63, 3.8) is 0 Å². The van der Waals surface area contributed by atoms with Gasteiger partial charge in [-0.05, 0) is 44.1 Å². The molecule has 1 saturated carbocycles. The van der Waals surface area contributed by atoms with Crippen LogP contribution in [0.3, 0.4) is 0 Å². The summed E-state index contributed by atoms with van der Waals surface area (Å²) in [6, 6.07) is 8.61. The molecule has 2 saturated heterocycles. The second kappa shape index (κ2) is 8.62. The molecule has 152 valence electrons. The van der Waals surface area contributed by atoms with Crippen LogP contribution < -0.4 is 5.32 Å². The molecule has 1 aromatic carbocycles. The summed E-state index contributed by atoms with van der Waals surface area (Å²) in [5.74, 6) is 0.763. The second-order valence-electron chi connectivity index (χ2n) is 8.40. The van der Waals surface area contributed by atoms with Crippen LogP contribution in [0.4, 0.5) is 0 Å². The molecule has 1 aromatic rings. The van der Waals surface area contributed by atoms with Gasteiger partial charge in [-0.3, -0.25) is 14.5 Å². The van der Waals surface area contributed by atoms with Gasteiger partial charge < -0.3 is 15.0 Å². The first-order valence-electron chi connectivity index (χ1n) is 10.6. The van der Waals surface area contributed by atoms with Crippen LogP contribution in [0.25, 0.3) is 0 Å². The molecule has 6 nitrogen and oxygen atoms in total. The molecule has 0 radical (unpaired) electrons. The van der Waals surface area contributed by atoms with Crippen LogP contribution in [0.1, 0.15) is 42.9 Å². The third-order valence-corrected chi connectivity index (χ3v) is 6.10. The quantitative estimate of drug-likeness (QED) is 0.812. The molecule has 1 aliphatic carbocycles. The number of rotatable bonds is 6. The zero-order valence-corrected chi connectivity index (χ0v) is 16.7. The van der Waals surface area contributed by atoms with Crippen molar-refractivity contribution in [3.8, 4) is 0 Å². The highest BCUT2D eigenvalue weighted by atomic mass is 16.5. The number of amides is 2. The third kappa shape index (κ3) is 4.73. The molecule has 0 bridgehead atoms. The molecule has 4 rings (SSSR count). The fourth-order valence-corrected chi connectivity index (χ4v) is 4.20.